The molecule has 0 fully saturated rings. The second kappa shape index (κ2) is 9.63. The van der Waals surface area contributed by atoms with Gasteiger partial charge in [0.2, 0.25) is 5.91 Å². The highest BCUT2D eigenvalue weighted by atomic mass is 16.5. The van der Waals surface area contributed by atoms with E-state index in [0.717, 1.165) is 35.6 Å². The topological polar surface area (TPSA) is 47.6 Å². The van der Waals surface area contributed by atoms with Gasteiger partial charge in [-0.3, -0.25) is 4.79 Å². The van der Waals surface area contributed by atoms with E-state index in [2.05, 4.69) is 30.4 Å². The van der Waals surface area contributed by atoms with Crippen LogP contribution in [0.3, 0.4) is 0 Å². The van der Waals surface area contributed by atoms with Crippen LogP contribution in [0.2, 0.25) is 0 Å². The highest BCUT2D eigenvalue weighted by Gasteiger charge is 2.27. The fraction of sp³-hybridized carbons (Fsp3) is 0.458. The molecule has 0 spiro atoms. The third-order valence-corrected chi connectivity index (χ3v) is 4.63. The number of anilines is 1. The van der Waals surface area contributed by atoms with E-state index in [9.17, 15) is 4.79 Å². The average molecular weight is 384 g/mol. The van der Waals surface area contributed by atoms with Gasteiger partial charge in [-0.25, -0.2) is 0 Å². The number of benzene rings is 2. The summed E-state index contributed by atoms with van der Waals surface area (Å²) >= 11 is 0. The number of carbonyl (C=O) groups is 1. The lowest BCUT2D eigenvalue weighted by molar-refractivity contribution is -0.124. The van der Waals surface area contributed by atoms with Crippen molar-refractivity contribution in [1.29, 1.82) is 0 Å². The normalized spacial score (nSPS) is 11.4. The maximum Gasteiger partial charge on any atom is 0.230 e. The van der Waals surface area contributed by atoms with Crippen LogP contribution in [0.4, 0.5) is 5.69 Å². The van der Waals surface area contributed by atoms with Crippen molar-refractivity contribution in [2.75, 3.05) is 11.9 Å². The van der Waals surface area contributed by atoms with Gasteiger partial charge in [0.15, 0.2) is 0 Å². The minimum absolute atomic E-state index is 0.000864. The van der Waals surface area contributed by atoms with Crippen LogP contribution in [0.15, 0.2) is 42.5 Å². The Labute approximate surface area is 169 Å². The Morgan fingerprint density at radius 2 is 1.86 bits per heavy atom. The Bertz CT molecular complexity index is 796. The van der Waals surface area contributed by atoms with Crippen LogP contribution in [-0.4, -0.2) is 18.6 Å². The monoisotopic (exact) mass is 383 g/mol. The molecule has 4 nitrogen and oxygen atoms in total. The minimum atomic E-state index is -0.486. The molecular weight excluding hydrogens is 350 g/mol. The van der Waals surface area contributed by atoms with Crippen molar-refractivity contribution in [3.8, 4) is 11.5 Å². The number of amides is 1. The molecule has 28 heavy (non-hydrogen) atoms. The lowest BCUT2D eigenvalue weighted by atomic mass is 9.87. The number of aryl methyl sites for hydroxylation is 2. The number of ether oxygens (including phenoxy) is 2. The van der Waals surface area contributed by atoms with E-state index in [0.29, 0.717) is 6.61 Å². The van der Waals surface area contributed by atoms with Crippen LogP contribution >= 0.6 is 0 Å². The summed E-state index contributed by atoms with van der Waals surface area (Å²) in [5, 5.41) is 3.01. The summed E-state index contributed by atoms with van der Waals surface area (Å²) in [6, 6.07) is 13.7. The Hall–Kier alpha value is -2.49. The Balaban J connectivity index is 1.86. The van der Waals surface area contributed by atoms with Crippen LogP contribution in [-0.2, 0) is 4.79 Å². The molecule has 2 aromatic rings. The maximum absolute atomic E-state index is 12.7. The van der Waals surface area contributed by atoms with Gasteiger partial charge in [-0.05, 0) is 69.9 Å². The minimum Gasteiger partial charge on any atom is -0.493 e. The fourth-order valence-electron chi connectivity index (χ4n) is 2.89. The number of hydrogen-bond donors (Lipinski definition) is 1. The van der Waals surface area contributed by atoms with Gasteiger partial charge in [0.1, 0.15) is 11.5 Å². The van der Waals surface area contributed by atoms with Crippen LogP contribution in [0.1, 0.15) is 51.7 Å². The quantitative estimate of drug-likeness (QED) is 0.547. The first-order valence-electron chi connectivity index (χ1n) is 9.95. The predicted molar refractivity (Wildman–Crippen MR) is 115 cm³/mol. The SMILES string of the molecule is Cc1ccc(C)c(OCCCC(C)(C)C(=O)Nc2cccc(OC(C)C)c2)c1. The summed E-state index contributed by atoms with van der Waals surface area (Å²) in [6.07, 6.45) is 1.65. The van der Waals surface area contributed by atoms with Gasteiger partial charge in [0.25, 0.3) is 0 Å². The summed E-state index contributed by atoms with van der Waals surface area (Å²) in [6.45, 7) is 12.6. The molecular formula is C24H33NO3. The lowest BCUT2D eigenvalue weighted by Crippen LogP contribution is -2.31. The molecule has 152 valence electrons. The number of carbonyl (C=O) groups excluding carboxylic acids is 1. The summed E-state index contributed by atoms with van der Waals surface area (Å²) in [7, 11) is 0. The molecule has 0 atom stereocenters. The smallest absolute Gasteiger partial charge is 0.230 e. The predicted octanol–water partition coefficient (Wildman–Crippen LogP) is 5.91. The molecule has 0 saturated heterocycles. The number of rotatable bonds is 9. The Kier molecular flexibility index (Phi) is 7.50. The van der Waals surface area contributed by atoms with E-state index in [-0.39, 0.29) is 12.0 Å². The first-order valence-corrected chi connectivity index (χ1v) is 9.95. The van der Waals surface area contributed by atoms with E-state index < -0.39 is 5.41 Å². The van der Waals surface area contributed by atoms with Gasteiger partial charge in [-0.2, -0.15) is 0 Å². The van der Waals surface area contributed by atoms with Crippen LogP contribution in [0.5, 0.6) is 11.5 Å². The van der Waals surface area contributed by atoms with Crippen molar-refractivity contribution in [2.45, 2.75) is 60.5 Å². The van der Waals surface area contributed by atoms with E-state index >= 15 is 0 Å². The van der Waals surface area contributed by atoms with Crippen LogP contribution < -0.4 is 14.8 Å². The van der Waals surface area contributed by atoms with Gasteiger partial charge in [-0.1, -0.05) is 32.0 Å². The standard InChI is InChI=1S/C24H33NO3/c1-17(2)28-21-10-7-9-20(16-21)25-23(26)24(5,6)13-8-14-27-22-15-18(3)11-12-19(22)4/h7,9-12,15-17H,8,13-14H2,1-6H3,(H,25,26). The molecule has 0 saturated carbocycles. The molecule has 0 aromatic heterocycles. The molecule has 2 rings (SSSR count). The van der Waals surface area contributed by atoms with Crippen molar-refractivity contribution in [1.82, 2.24) is 0 Å². The van der Waals surface area contributed by atoms with Crippen molar-refractivity contribution in [2.24, 2.45) is 5.41 Å². The fourth-order valence-corrected chi connectivity index (χ4v) is 2.89. The van der Waals surface area contributed by atoms with Crippen LogP contribution in [0, 0.1) is 19.3 Å². The number of nitrogens with one attached hydrogen (secondary N) is 1. The van der Waals surface area contributed by atoms with E-state index in [4.69, 9.17) is 9.47 Å². The third kappa shape index (κ3) is 6.59. The highest BCUT2D eigenvalue weighted by molar-refractivity contribution is 5.94. The second-order valence-electron chi connectivity index (χ2n) is 8.25. The molecule has 0 radical (unpaired) electrons. The molecule has 0 aliphatic heterocycles. The van der Waals surface area contributed by atoms with Gasteiger partial charge in [0, 0.05) is 17.2 Å². The highest BCUT2D eigenvalue weighted by Crippen LogP contribution is 2.27. The van der Waals surface area contributed by atoms with Gasteiger partial charge in [-0.15, -0.1) is 0 Å². The summed E-state index contributed by atoms with van der Waals surface area (Å²) in [4.78, 5) is 12.7. The van der Waals surface area contributed by atoms with Crippen LogP contribution in [0.25, 0.3) is 0 Å². The van der Waals surface area contributed by atoms with Crippen molar-refractivity contribution >= 4 is 11.6 Å². The van der Waals surface area contributed by atoms with Gasteiger partial charge < -0.3 is 14.8 Å². The summed E-state index contributed by atoms with van der Waals surface area (Å²) < 4.78 is 11.6. The first-order chi connectivity index (χ1) is 13.2. The second-order valence-corrected chi connectivity index (χ2v) is 8.25. The zero-order valence-electron chi connectivity index (χ0n) is 18.0. The zero-order valence-corrected chi connectivity index (χ0v) is 18.0. The molecule has 0 heterocycles. The number of hydrogen-bond acceptors (Lipinski definition) is 3. The first kappa shape index (κ1) is 21.8. The third-order valence-electron chi connectivity index (χ3n) is 4.63. The molecule has 0 bridgehead atoms. The Morgan fingerprint density at radius 1 is 1.11 bits per heavy atom. The summed E-state index contributed by atoms with van der Waals surface area (Å²) in [5.74, 6) is 1.68. The van der Waals surface area contributed by atoms with Crippen molar-refractivity contribution in [3.05, 3.63) is 53.6 Å². The van der Waals surface area contributed by atoms with Crippen molar-refractivity contribution < 1.29 is 14.3 Å². The lowest BCUT2D eigenvalue weighted by Gasteiger charge is -2.24. The van der Waals surface area contributed by atoms with E-state index in [1.807, 2.05) is 58.9 Å². The molecule has 0 unspecified atom stereocenters. The molecule has 0 aliphatic carbocycles. The summed E-state index contributed by atoms with van der Waals surface area (Å²) in [5.41, 5.74) is 2.58. The zero-order chi connectivity index (χ0) is 20.7. The molecule has 0 aliphatic rings. The van der Waals surface area contributed by atoms with Gasteiger partial charge in [0.05, 0.1) is 12.7 Å². The van der Waals surface area contributed by atoms with Gasteiger partial charge >= 0.3 is 0 Å². The largest absolute Gasteiger partial charge is 0.493 e. The molecule has 2 aromatic carbocycles. The van der Waals surface area contributed by atoms with E-state index in [1.54, 1.807) is 0 Å². The Morgan fingerprint density at radius 3 is 2.57 bits per heavy atom. The molecule has 1 amide bonds. The molecule has 1 N–H and O–H groups in total. The van der Waals surface area contributed by atoms with E-state index in [1.165, 1.54) is 5.56 Å². The molecule has 4 heteroatoms. The van der Waals surface area contributed by atoms with Crippen molar-refractivity contribution in [3.63, 3.8) is 0 Å². The maximum atomic E-state index is 12.7. The average Bonchev–Trinajstić information content (AvgIpc) is 2.61.